The van der Waals surface area contributed by atoms with E-state index < -0.39 is 12.0 Å². The van der Waals surface area contributed by atoms with Gasteiger partial charge in [0.1, 0.15) is 6.04 Å². The minimum absolute atomic E-state index is 0.0152. The van der Waals surface area contributed by atoms with E-state index in [-0.39, 0.29) is 5.92 Å². The van der Waals surface area contributed by atoms with Gasteiger partial charge in [0.2, 0.25) is 6.41 Å². The van der Waals surface area contributed by atoms with Crippen LogP contribution in [0, 0.1) is 5.92 Å². The van der Waals surface area contributed by atoms with Gasteiger partial charge in [-0.1, -0.05) is 0 Å². The normalized spacial score (nSPS) is 19.5. The minimum atomic E-state index is -0.921. The fourth-order valence-electron chi connectivity index (χ4n) is 1.98. The molecule has 86 valence electrons. The van der Waals surface area contributed by atoms with Crippen LogP contribution in [0.25, 0.3) is 0 Å². The molecular formula is C10H17NO4. The van der Waals surface area contributed by atoms with Crippen LogP contribution >= 0.6 is 0 Å². The van der Waals surface area contributed by atoms with Crippen LogP contribution in [0.3, 0.4) is 0 Å². The molecule has 1 amide bonds. The molecule has 1 saturated heterocycles. The number of carbonyl (C=O) groups is 2. The zero-order chi connectivity index (χ0) is 11.3. The first kappa shape index (κ1) is 12.0. The van der Waals surface area contributed by atoms with Gasteiger partial charge in [0.15, 0.2) is 0 Å². The van der Waals surface area contributed by atoms with Crippen LogP contribution in [0.5, 0.6) is 0 Å². The Bertz CT molecular complexity index is 225. The molecule has 1 unspecified atom stereocenters. The molecule has 0 aromatic carbocycles. The van der Waals surface area contributed by atoms with Crippen molar-refractivity contribution in [3.8, 4) is 0 Å². The fourth-order valence-corrected chi connectivity index (χ4v) is 1.98. The van der Waals surface area contributed by atoms with Crippen LogP contribution in [-0.4, -0.2) is 48.2 Å². The lowest BCUT2D eigenvalue weighted by molar-refractivity contribution is -0.150. The van der Waals surface area contributed by atoms with Gasteiger partial charge in [-0.15, -0.1) is 0 Å². The van der Waals surface area contributed by atoms with Crippen molar-refractivity contribution < 1.29 is 19.4 Å². The van der Waals surface area contributed by atoms with Crippen molar-refractivity contribution >= 4 is 12.4 Å². The summed E-state index contributed by atoms with van der Waals surface area (Å²) in [7, 11) is 0. The van der Waals surface area contributed by atoms with Gasteiger partial charge in [0.05, 0.1) is 0 Å². The topological polar surface area (TPSA) is 66.8 Å². The van der Waals surface area contributed by atoms with Gasteiger partial charge in [0, 0.05) is 19.8 Å². The predicted octanol–water partition coefficient (Wildman–Crippen LogP) is 0.344. The Kier molecular flexibility index (Phi) is 4.55. The number of hydrogen-bond donors (Lipinski definition) is 1. The van der Waals surface area contributed by atoms with Gasteiger partial charge >= 0.3 is 5.97 Å². The molecule has 0 bridgehead atoms. The van der Waals surface area contributed by atoms with Crippen molar-refractivity contribution in [1.29, 1.82) is 0 Å². The SMILES string of the molecule is CCN(C=O)C(C(=O)O)C1CCOCC1. The second kappa shape index (κ2) is 5.70. The van der Waals surface area contributed by atoms with E-state index in [9.17, 15) is 9.59 Å². The molecule has 1 heterocycles. The highest BCUT2D eigenvalue weighted by atomic mass is 16.5. The number of nitrogens with zero attached hydrogens (tertiary/aromatic N) is 1. The minimum Gasteiger partial charge on any atom is -0.480 e. The molecule has 0 spiro atoms. The molecule has 0 aromatic rings. The summed E-state index contributed by atoms with van der Waals surface area (Å²) in [6, 6.07) is -0.698. The molecule has 1 N–H and O–H groups in total. The monoisotopic (exact) mass is 215 g/mol. The van der Waals surface area contributed by atoms with Crippen LogP contribution in [0.2, 0.25) is 0 Å². The molecule has 1 atom stereocenters. The largest absolute Gasteiger partial charge is 0.480 e. The van der Waals surface area contributed by atoms with E-state index >= 15 is 0 Å². The third-order valence-electron chi connectivity index (χ3n) is 2.82. The summed E-state index contributed by atoms with van der Waals surface area (Å²) in [4.78, 5) is 23.2. The first-order valence-electron chi connectivity index (χ1n) is 5.22. The molecule has 1 aliphatic heterocycles. The standard InChI is InChI=1S/C10H17NO4/c1-2-11(7-12)9(10(13)14)8-3-5-15-6-4-8/h7-9H,2-6H2,1H3,(H,13,14). The lowest BCUT2D eigenvalue weighted by Gasteiger charge is -2.33. The quantitative estimate of drug-likeness (QED) is 0.672. The summed E-state index contributed by atoms with van der Waals surface area (Å²) in [5, 5.41) is 9.12. The summed E-state index contributed by atoms with van der Waals surface area (Å²) in [5.41, 5.74) is 0. The van der Waals surface area contributed by atoms with Crippen molar-refractivity contribution in [2.75, 3.05) is 19.8 Å². The van der Waals surface area contributed by atoms with Crippen molar-refractivity contribution in [3.63, 3.8) is 0 Å². The summed E-state index contributed by atoms with van der Waals surface area (Å²) in [6.07, 6.45) is 2.04. The second-order valence-corrected chi connectivity index (χ2v) is 3.67. The third-order valence-corrected chi connectivity index (χ3v) is 2.82. The number of carboxylic acids is 1. The molecule has 1 rings (SSSR count). The van der Waals surface area contributed by atoms with Gasteiger partial charge in [-0.2, -0.15) is 0 Å². The lowest BCUT2D eigenvalue weighted by Crippen LogP contribution is -2.47. The fraction of sp³-hybridized carbons (Fsp3) is 0.800. The smallest absolute Gasteiger partial charge is 0.326 e. The molecule has 0 aliphatic carbocycles. The van der Waals surface area contributed by atoms with E-state index in [1.807, 2.05) is 0 Å². The number of aliphatic carboxylic acids is 1. The Morgan fingerprint density at radius 3 is 2.60 bits per heavy atom. The van der Waals surface area contributed by atoms with Crippen molar-refractivity contribution in [3.05, 3.63) is 0 Å². The van der Waals surface area contributed by atoms with E-state index in [1.54, 1.807) is 6.92 Å². The molecule has 15 heavy (non-hydrogen) atoms. The highest BCUT2D eigenvalue weighted by Gasteiger charge is 2.33. The van der Waals surface area contributed by atoms with Crippen LogP contribution < -0.4 is 0 Å². The second-order valence-electron chi connectivity index (χ2n) is 3.67. The summed E-state index contributed by atoms with van der Waals surface area (Å²) in [5.74, 6) is -0.905. The average Bonchev–Trinajstić information content (AvgIpc) is 2.26. The van der Waals surface area contributed by atoms with Crippen LogP contribution in [0.1, 0.15) is 19.8 Å². The van der Waals surface area contributed by atoms with Gasteiger partial charge in [-0.3, -0.25) is 4.79 Å². The van der Waals surface area contributed by atoms with Crippen molar-refractivity contribution in [1.82, 2.24) is 4.90 Å². The van der Waals surface area contributed by atoms with Crippen LogP contribution in [-0.2, 0) is 14.3 Å². The zero-order valence-corrected chi connectivity index (χ0v) is 8.89. The van der Waals surface area contributed by atoms with Gasteiger partial charge in [-0.25, -0.2) is 4.79 Å². The Hall–Kier alpha value is -1.10. The molecule has 5 heteroatoms. The molecular weight excluding hydrogens is 198 g/mol. The number of carbonyl (C=O) groups excluding carboxylic acids is 1. The summed E-state index contributed by atoms with van der Waals surface area (Å²) >= 11 is 0. The maximum atomic E-state index is 11.1. The highest BCUT2D eigenvalue weighted by Crippen LogP contribution is 2.22. The number of hydrogen-bond acceptors (Lipinski definition) is 3. The molecule has 0 radical (unpaired) electrons. The molecule has 0 aromatic heterocycles. The molecule has 1 fully saturated rings. The third kappa shape index (κ3) is 2.92. The number of carboxylic acid groups (broad SMARTS) is 1. The first-order chi connectivity index (χ1) is 7.20. The first-order valence-corrected chi connectivity index (χ1v) is 5.22. The maximum Gasteiger partial charge on any atom is 0.326 e. The van der Waals surface area contributed by atoms with E-state index in [2.05, 4.69) is 0 Å². The van der Waals surface area contributed by atoms with Crippen molar-refractivity contribution in [2.24, 2.45) is 5.92 Å². The average molecular weight is 215 g/mol. The summed E-state index contributed by atoms with van der Waals surface area (Å²) < 4.78 is 5.18. The van der Waals surface area contributed by atoms with E-state index in [1.165, 1.54) is 4.90 Å². The Labute approximate surface area is 89.0 Å². The predicted molar refractivity (Wildman–Crippen MR) is 53.4 cm³/mol. The molecule has 5 nitrogen and oxygen atoms in total. The lowest BCUT2D eigenvalue weighted by atomic mass is 9.91. The molecule has 1 aliphatic rings. The van der Waals surface area contributed by atoms with E-state index in [4.69, 9.17) is 9.84 Å². The Balaban J connectivity index is 2.70. The van der Waals surface area contributed by atoms with E-state index in [0.717, 1.165) is 0 Å². The van der Waals surface area contributed by atoms with Gasteiger partial charge < -0.3 is 14.7 Å². The van der Waals surface area contributed by atoms with Crippen LogP contribution in [0.15, 0.2) is 0 Å². The zero-order valence-electron chi connectivity index (χ0n) is 8.89. The van der Waals surface area contributed by atoms with Crippen molar-refractivity contribution in [2.45, 2.75) is 25.8 Å². The highest BCUT2D eigenvalue weighted by molar-refractivity contribution is 5.76. The van der Waals surface area contributed by atoms with Gasteiger partial charge in [-0.05, 0) is 25.7 Å². The number of amides is 1. The Morgan fingerprint density at radius 2 is 2.20 bits per heavy atom. The number of rotatable bonds is 5. The molecule has 0 saturated carbocycles. The maximum absolute atomic E-state index is 11.1. The van der Waals surface area contributed by atoms with E-state index in [0.29, 0.717) is 39.0 Å². The van der Waals surface area contributed by atoms with Gasteiger partial charge in [0.25, 0.3) is 0 Å². The Morgan fingerprint density at radius 1 is 1.60 bits per heavy atom. The van der Waals surface area contributed by atoms with Crippen LogP contribution in [0.4, 0.5) is 0 Å². The summed E-state index contributed by atoms with van der Waals surface area (Å²) in [6.45, 7) is 3.39. The number of likely N-dealkylation sites (N-methyl/N-ethyl adjacent to an activating group) is 1. The number of ether oxygens (including phenoxy) is 1.